The molecule has 0 spiro atoms. The number of likely N-dealkylation sites (tertiary alicyclic amines) is 1. The average molecular weight is 394 g/mol. The number of hydrogen-bond acceptors (Lipinski definition) is 5. The summed E-state index contributed by atoms with van der Waals surface area (Å²) >= 11 is 5.92. The lowest BCUT2D eigenvalue weighted by molar-refractivity contribution is -0.134. The zero-order chi connectivity index (χ0) is 18.8. The highest BCUT2D eigenvalue weighted by Gasteiger charge is 2.28. The van der Waals surface area contributed by atoms with E-state index >= 15 is 0 Å². The zero-order valence-corrected chi connectivity index (χ0v) is 15.6. The van der Waals surface area contributed by atoms with E-state index in [2.05, 4.69) is 20.1 Å². The van der Waals surface area contributed by atoms with Gasteiger partial charge in [0.2, 0.25) is 0 Å². The van der Waals surface area contributed by atoms with Gasteiger partial charge < -0.3 is 19.5 Å². The largest absolute Gasteiger partial charge is 0.482 e. The fourth-order valence-corrected chi connectivity index (χ4v) is 3.85. The van der Waals surface area contributed by atoms with Crippen LogP contribution in [0.25, 0.3) is 0 Å². The molecule has 7 nitrogen and oxygen atoms in total. The summed E-state index contributed by atoms with van der Waals surface area (Å²) < 4.78 is 20.7. The van der Waals surface area contributed by atoms with Crippen LogP contribution in [-0.4, -0.2) is 51.8 Å². The quantitative estimate of drug-likeness (QED) is 0.859. The monoisotopic (exact) mass is 393 g/mol. The minimum absolute atomic E-state index is 0.0960. The lowest BCUT2D eigenvalue weighted by Gasteiger charge is -2.32. The second-order valence-corrected chi connectivity index (χ2v) is 7.23. The Bertz CT molecular complexity index is 835. The van der Waals surface area contributed by atoms with Crippen LogP contribution in [-0.2, 0) is 17.9 Å². The van der Waals surface area contributed by atoms with E-state index in [4.69, 9.17) is 16.3 Å². The molecule has 0 saturated carbocycles. The van der Waals surface area contributed by atoms with E-state index in [1.54, 1.807) is 4.90 Å². The van der Waals surface area contributed by atoms with Crippen LogP contribution in [0.15, 0.2) is 18.2 Å². The Morgan fingerprint density at radius 3 is 2.89 bits per heavy atom. The van der Waals surface area contributed by atoms with Crippen molar-refractivity contribution in [2.45, 2.75) is 31.8 Å². The highest BCUT2D eigenvalue weighted by atomic mass is 35.5. The predicted molar refractivity (Wildman–Crippen MR) is 97.2 cm³/mol. The number of nitrogens with zero attached hydrogens (tertiary/aromatic N) is 4. The molecule has 9 heteroatoms. The smallest absolute Gasteiger partial charge is 0.260 e. The van der Waals surface area contributed by atoms with Gasteiger partial charge in [0, 0.05) is 32.1 Å². The Morgan fingerprint density at radius 1 is 1.30 bits per heavy atom. The molecule has 1 saturated heterocycles. The molecule has 1 aromatic heterocycles. The SMILES string of the molecule is O=C(COc1ccc(F)cc1Cl)N1CCC(c2nnc3n2CCNC3)CC1. The van der Waals surface area contributed by atoms with Crippen molar-refractivity contribution in [2.75, 3.05) is 26.2 Å². The molecule has 2 aliphatic heterocycles. The van der Waals surface area contributed by atoms with Crippen molar-refractivity contribution in [3.8, 4) is 5.75 Å². The Balaban J connectivity index is 1.31. The van der Waals surface area contributed by atoms with Crippen LogP contribution in [0.2, 0.25) is 5.02 Å². The van der Waals surface area contributed by atoms with Crippen molar-refractivity contribution in [2.24, 2.45) is 0 Å². The van der Waals surface area contributed by atoms with Crippen molar-refractivity contribution < 1.29 is 13.9 Å². The Hall–Kier alpha value is -2.19. The number of carbonyl (C=O) groups excluding carboxylic acids is 1. The number of nitrogens with one attached hydrogen (secondary N) is 1. The van der Waals surface area contributed by atoms with E-state index < -0.39 is 5.82 Å². The Labute approximate surface area is 161 Å². The zero-order valence-electron chi connectivity index (χ0n) is 14.8. The van der Waals surface area contributed by atoms with Gasteiger partial charge in [-0.05, 0) is 31.0 Å². The highest BCUT2D eigenvalue weighted by molar-refractivity contribution is 6.32. The van der Waals surface area contributed by atoms with Crippen molar-refractivity contribution in [3.05, 3.63) is 40.7 Å². The molecule has 0 atom stereocenters. The molecule has 2 aromatic rings. The normalized spacial score (nSPS) is 17.6. The molecule has 0 unspecified atom stereocenters. The van der Waals surface area contributed by atoms with Gasteiger partial charge in [-0.2, -0.15) is 0 Å². The average Bonchev–Trinajstić information content (AvgIpc) is 3.11. The molecule has 0 bridgehead atoms. The second kappa shape index (κ2) is 7.82. The number of halogens is 2. The molecule has 1 N–H and O–H groups in total. The molecule has 4 rings (SSSR count). The number of ether oxygens (including phenoxy) is 1. The van der Waals surface area contributed by atoms with E-state index in [0.29, 0.717) is 24.8 Å². The van der Waals surface area contributed by atoms with Crippen molar-refractivity contribution in [1.82, 2.24) is 25.0 Å². The number of fused-ring (bicyclic) bond motifs is 1. The van der Waals surface area contributed by atoms with Gasteiger partial charge in [0.1, 0.15) is 23.2 Å². The maximum atomic E-state index is 13.1. The summed E-state index contributed by atoms with van der Waals surface area (Å²) in [7, 11) is 0. The number of aromatic nitrogens is 3. The molecular weight excluding hydrogens is 373 g/mol. The summed E-state index contributed by atoms with van der Waals surface area (Å²) in [6, 6.07) is 3.86. The summed E-state index contributed by atoms with van der Waals surface area (Å²) in [5.41, 5.74) is 0. The minimum atomic E-state index is -0.438. The molecule has 0 aliphatic carbocycles. The van der Waals surface area contributed by atoms with Gasteiger partial charge in [-0.1, -0.05) is 11.6 Å². The molecule has 27 heavy (non-hydrogen) atoms. The van der Waals surface area contributed by atoms with Gasteiger partial charge >= 0.3 is 0 Å². The van der Waals surface area contributed by atoms with E-state index in [9.17, 15) is 9.18 Å². The molecule has 1 aromatic carbocycles. The number of hydrogen-bond donors (Lipinski definition) is 1. The number of amides is 1. The molecule has 2 aliphatic rings. The maximum absolute atomic E-state index is 13.1. The van der Waals surface area contributed by atoms with Gasteiger partial charge in [-0.25, -0.2) is 4.39 Å². The number of rotatable bonds is 4. The molecule has 0 radical (unpaired) electrons. The van der Waals surface area contributed by atoms with Crippen molar-refractivity contribution in [1.29, 1.82) is 0 Å². The summed E-state index contributed by atoms with van der Waals surface area (Å²) in [6.45, 7) is 3.78. The Morgan fingerprint density at radius 2 is 2.11 bits per heavy atom. The summed E-state index contributed by atoms with van der Waals surface area (Å²) in [5, 5.41) is 12.1. The van der Waals surface area contributed by atoms with Crippen LogP contribution in [0.1, 0.15) is 30.4 Å². The van der Waals surface area contributed by atoms with Gasteiger partial charge in [0.05, 0.1) is 11.6 Å². The predicted octanol–water partition coefficient (Wildman–Crippen LogP) is 1.96. The first-order chi connectivity index (χ1) is 13.1. The van der Waals surface area contributed by atoms with Crippen LogP contribution in [0.5, 0.6) is 5.75 Å². The first-order valence-corrected chi connectivity index (χ1v) is 9.48. The Kier molecular flexibility index (Phi) is 5.27. The van der Waals surface area contributed by atoms with Gasteiger partial charge in [0.25, 0.3) is 5.91 Å². The number of carbonyl (C=O) groups is 1. The summed E-state index contributed by atoms with van der Waals surface area (Å²) in [6.07, 6.45) is 1.71. The first kappa shape index (κ1) is 18.2. The topological polar surface area (TPSA) is 72.3 Å². The number of piperidine rings is 1. The lowest BCUT2D eigenvalue weighted by Crippen LogP contribution is -2.41. The van der Waals surface area contributed by atoms with E-state index in [0.717, 1.165) is 44.1 Å². The van der Waals surface area contributed by atoms with Crippen LogP contribution in [0, 0.1) is 5.82 Å². The first-order valence-electron chi connectivity index (χ1n) is 9.10. The molecule has 144 valence electrons. The van der Waals surface area contributed by atoms with Gasteiger partial charge in [-0.15, -0.1) is 10.2 Å². The molecule has 3 heterocycles. The van der Waals surface area contributed by atoms with Crippen LogP contribution >= 0.6 is 11.6 Å². The maximum Gasteiger partial charge on any atom is 0.260 e. The molecule has 1 amide bonds. The second-order valence-electron chi connectivity index (χ2n) is 6.82. The van der Waals surface area contributed by atoms with Crippen LogP contribution in [0.3, 0.4) is 0 Å². The fraction of sp³-hybridized carbons (Fsp3) is 0.500. The summed E-state index contributed by atoms with van der Waals surface area (Å²) in [4.78, 5) is 14.2. The highest BCUT2D eigenvalue weighted by Crippen LogP contribution is 2.28. The third kappa shape index (κ3) is 3.91. The standard InChI is InChI=1S/C18H21ClFN5O2/c19-14-9-13(20)1-2-15(14)27-11-17(26)24-6-3-12(4-7-24)18-23-22-16-10-21-5-8-25(16)18/h1-2,9,12,21H,3-8,10-11H2. The lowest BCUT2D eigenvalue weighted by atomic mass is 9.95. The fourth-order valence-electron chi connectivity index (χ4n) is 3.63. The molecular formula is C18H21ClFN5O2. The van der Waals surface area contributed by atoms with Gasteiger partial charge in [-0.3, -0.25) is 4.79 Å². The minimum Gasteiger partial charge on any atom is -0.482 e. The van der Waals surface area contributed by atoms with Crippen molar-refractivity contribution in [3.63, 3.8) is 0 Å². The van der Waals surface area contributed by atoms with E-state index in [-0.39, 0.29) is 17.5 Å². The van der Waals surface area contributed by atoms with Gasteiger partial charge in [0.15, 0.2) is 6.61 Å². The number of benzene rings is 1. The third-order valence-corrected chi connectivity index (χ3v) is 5.40. The van der Waals surface area contributed by atoms with E-state index in [1.807, 2.05) is 0 Å². The van der Waals surface area contributed by atoms with Crippen LogP contribution < -0.4 is 10.1 Å². The summed E-state index contributed by atoms with van der Waals surface area (Å²) in [5.74, 6) is 2.12. The molecule has 1 fully saturated rings. The van der Waals surface area contributed by atoms with E-state index in [1.165, 1.54) is 18.2 Å². The third-order valence-electron chi connectivity index (χ3n) is 5.11. The van der Waals surface area contributed by atoms with Crippen molar-refractivity contribution >= 4 is 17.5 Å². The van der Waals surface area contributed by atoms with Crippen LogP contribution in [0.4, 0.5) is 4.39 Å².